The summed E-state index contributed by atoms with van der Waals surface area (Å²) in [5.74, 6) is -1.13. The molecule has 2 heterocycles. The standard InChI is InChI=1S/C15H19BN2O5/c1-10(19)8-12-5-3-6-13(16(22)23-12)18-15(21)9-11-4-2-7-14(20)17-11/h2-5,7,12-13,22H,6,8-9H2,1H3,(H,17,20)(H,18,21)/t12-,13+/m1/s1. The third-order valence-electron chi connectivity index (χ3n) is 3.37. The average Bonchev–Trinajstić information content (AvgIpc) is 2.60. The molecule has 0 unspecified atom stereocenters. The number of nitrogens with zero attached hydrogens (tertiary/aromatic N) is 1. The van der Waals surface area contributed by atoms with Crippen molar-refractivity contribution in [3.05, 3.63) is 36.0 Å². The number of pyridine rings is 1. The van der Waals surface area contributed by atoms with Crippen molar-refractivity contribution in [1.82, 2.24) is 10.3 Å². The highest BCUT2D eigenvalue weighted by Gasteiger charge is 2.32. The van der Waals surface area contributed by atoms with E-state index < -0.39 is 19.2 Å². The Bertz CT molecular complexity index is 607. The summed E-state index contributed by atoms with van der Waals surface area (Å²) in [4.78, 5) is 27.0. The first-order valence-corrected chi connectivity index (χ1v) is 7.38. The van der Waals surface area contributed by atoms with Crippen LogP contribution in [0.2, 0.25) is 0 Å². The van der Waals surface area contributed by atoms with E-state index >= 15 is 0 Å². The summed E-state index contributed by atoms with van der Waals surface area (Å²) in [6.45, 7) is 1.45. The summed E-state index contributed by atoms with van der Waals surface area (Å²) in [7, 11) is -1.20. The predicted molar refractivity (Wildman–Crippen MR) is 83.4 cm³/mol. The molecule has 1 amide bonds. The minimum atomic E-state index is -1.20. The molecule has 23 heavy (non-hydrogen) atoms. The fourth-order valence-electron chi connectivity index (χ4n) is 2.33. The van der Waals surface area contributed by atoms with E-state index in [-0.39, 0.29) is 30.4 Å². The van der Waals surface area contributed by atoms with Crippen LogP contribution in [0.1, 0.15) is 25.5 Å². The lowest BCUT2D eigenvalue weighted by atomic mass is 9.77. The van der Waals surface area contributed by atoms with Gasteiger partial charge in [-0.25, -0.2) is 4.98 Å². The van der Waals surface area contributed by atoms with Gasteiger partial charge in [0.15, 0.2) is 0 Å². The minimum Gasteiger partial charge on any atom is -0.493 e. The van der Waals surface area contributed by atoms with E-state index in [4.69, 9.17) is 4.65 Å². The molecule has 0 aromatic carbocycles. The van der Waals surface area contributed by atoms with E-state index in [9.17, 15) is 19.7 Å². The molecule has 0 saturated carbocycles. The second-order valence-electron chi connectivity index (χ2n) is 5.47. The average molecular weight is 318 g/mol. The molecule has 0 spiro atoms. The highest BCUT2D eigenvalue weighted by molar-refractivity contribution is 6.45. The molecule has 1 aromatic rings. The van der Waals surface area contributed by atoms with Gasteiger partial charge in [-0.15, -0.1) is 0 Å². The van der Waals surface area contributed by atoms with Crippen LogP contribution in [0.5, 0.6) is 5.88 Å². The molecule has 122 valence electrons. The van der Waals surface area contributed by atoms with Gasteiger partial charge in [0.1, 0.15) is 5.78 Å². The van der Waals surface area contributed by atoms with Crippen molar-refractivity contribution in [2.45, 2.75) is 38.2 Å². The fourth-order valence-corrected chi connectivity index (χ4v) is 2.33. The van der Waals surface area contributed by atoms with Gasteiger partial charge in [0, 0.05) is 12.5 Å². The number of carbonyl (C=O) groups is 2. The number of aromatic hydroxyl groups is 1. The summed E-state index contributed by atoms with van der Waals surface area (Å²) in [5.41, 5.74) is 0.427. The summed E-state index contributed by atoms with van der Waals surface area (Å²) in [5, 5.41) is 22.0. The van der Waals surface area contributed by atoms with E-state index in [1.54, 1.807) is 24.3 Å². The first-order valence-electron chi connectivity index (χ1n) is 7.38. The van der Waals surface area contributed by atoms with Gasteiger partial charge >= 0.3 is 7.12 Å². The highest BCUT2D eigenvalue weighted by Crippen LogP contribution is 2.13. The molecule has 7 nitrogen and oxygen atoms in total. The van der Waals surface area contributed by atoms with Gasteiger partial charge in [-0.1, -0.05) is 18.2 Å². The van der Waals surface area contributed by atoms with Gasteiger partial charge in [-0.3, -0.25) is 9.59 Å². The number of nitrogens with one attached hydrogen (secondary N) is 1. The molecular formula is C15H19BN2O5. The molecule has 0 saturated heterocycles. The number of ketones is 1. The molecule has 2 atom stereocenters. The number of aromatic nitrogens is 1. The molecule has 8 heteroatoms. The molecule has 1 aromatic heterocycles. The van der Waals surface area contributed by atoms with E-state index in [1.807, 2.05) is 0 Å². The number of hydrogen-bond acceptors (Lipinski definition) is 6. The van der Waals surface area contributed by atoms with Crippen molar-refractivity contribution in [2.75, 3.05) is 0 Å². The second-order valence-corrected chi connectivity index (χ2v) is 5.47. The van der Waals surface area contributed by atoms with Gasteiger partial charge in [0.05, 0.1) is 24.2 Å². The normalized spacial score (nSPS) is 20.9. The Hall–Kier alpha value is -2.19. The molecule has 2 rings (SSSR count). The number of hydrogen-bond donors (Lipinski definition) is 3. The topological polar surface area (TPSA) is 109 Å². The van der Waals surface area contributed by atoms with Gasteiger partial charge in [0.25, 0.3) is 0 Å². The zero-order valence-corrected chi connectivity index (χ0v) is 12.8. The first-order chi connectivity index (χ1) is 10.9. The Morgan fingerprint density at radius 1 is 1.48 bits per heavy atom. The predicted octanol–water partition coefficient (Wildman–Crippen LogP) is 0.158. The van der Waals surface area contributed by atoms with Crippen molar-refractivity contribution in [1.29, 1.82) is 0 Å². The monoisotopic (exact) mass is 318 g/mol. The Labute approximate surface area is 134 Å². The van der Waals surface area contributed by atoms with Crippen molar-refractivity contribution >= 4 is 18.8 Å². The molecule has 0 aliphatic carbocycles. The third kappa shape index (κ3) is 5.50. The maximum Gasteiger partial charge on any atom is 0.478 e. The first kappa shape index (κ1) is 17.2. The molecule has 1 aliphatic heterocycles. The lowest BCUT2D eigenvalue weighted by Crippen LogP contribution is -2.48. The second kappa shape index (κ2) is 7.89. The largest absolute Gasteiger partial charge is 0.493 e. The van der Waals surface area contributed by atoms with Crippen LogP contribution in [-0.4, -0.2) is 46.0 Å². The molecule has 0 bridgehead atoms. The summed E-state index contributed by atoms with van der Waals surface area (Å²) in [6.07, 6.45) is 3.57. The zero-order chi connectivity index (χ0) is 16.8. The number of Topliss-reactive ketones (excluding diaryl/α,β-unsaturated/α-hetero) is 1. The molecule has 3 N–H and O–H groups in total. The van der Waals surface area contributed by atoms with Gasteiger partial charge in [-0.2, -0.15) is 0 Å². The Morgan fingerprint density at radius 3 is 2.96 bits per heavy atom. The van der Waals surface area contributed by atoms with E-state index in [1.165, 1.54) is 13.0 Å². The van der Waals surface area contributed by atoms with Crippen LogP contribution in [0.15, 0.2) is 30.4 Å². The minimum absolute atomic E-state index is 0.0157. The lowest BCUT2D eigenvalue weighted by molar-refractivity contribution is -0.121. The van der Waals surface area contributed by atoms with E-state index in [2.05, 4.69) is 10.3 Å². The quantitative estimate of drug-likeness (QED) is 0.527. The fraction of sp³-hybridized carbons (Fsp3) is 0.400. The third-order valence-corrected chi connectivity index (χ3v) is 3.37. The van der Waals surface area contributed by atoms with Crippen LogP contribution < -0.4 is 5.32 Å². The van der Waals surface area contributed by atoms with Gasteiger partial charge in [-0.05, 0) is 19.4 Å². The van der Waals surface area contributed by atoms with Crippen LogP contribution in [-0.2, 0) is 20.7 Å². The van der Waals surface area contributed by atoms with Crippen molar-refractivity contribution in [3.63, 3.8) is 0 Å². The highest BCUT2D eigenvalue weighted by atomic mass is 16.5. The molecule has 0 radical (unpaired) electrons. The molecule has 1 aliphatic rings. The van der Waals surface area contributed by atoms with Crippen molar-refractivity contribution < 1.29 is 24.4 Å². The molecular weight excluding hydrogens is 299 g/mol. The van der Waals surface area contributed by atoms with Crippen LogP contribution in [0, 0.1) is 0 Å². The summed E-state index contributed by atoms with van der Waals surface area (Å²) < 4.78 is 5.38. The lowest BCUT2D eigenvalue weighted by Gasteiger charge is -2.20. The van der Waals surface area contributed by atoms with E-state index in [0.717, 1.165) is 0 Å². The Kier molecular flexibility index (Phi) is 5.89. The smallest absolute Gasteiger partial charge is 0.478 e. The summed E-state index contributed by atoms with van der Waals surface area (Å²) in [6, 6.07) is 4.65. The zero-order valence-electron chi connectivity index (χ0n) is 12.8. The Morgan fingerprint density at radius 2 is 2.26 bits per heavy atom. The van der Waals surface area contributed by atoms with Gasteiger partial charge in [0.2, 0.25) is 11.8 Å². The summed E-state index contributed by atoms with van der Waals surface area (Å²) >= 11 is 0. The van der Waals surface area contributed by atoms with Crippen molar-refractivity contribution in [2.24, 2.45) is 0 Å². The maximum absolute atomic E-state index is 12.0. The van der Waals surface area contributed by atoms with Gasteiger partial charge < -0.3 is 20.1 Å². The number of carbonyl (C=O) groups excluding carboxylic acids is 2. The number of rotatable bonds is 5. The van der Waals surface area contributed by atoms with Crippen molar-refractivity contribution in [3.8, 4) is 5.88 Å². The molecule has 0 fully saturated rings. The maximum atomic E-state index is 12.0. The Balaban J connectivity index is 1.90. The van der Waals surface area contributed by atoms with Crippen LogP contribution >= 0.6 is 0 Å². The van der Waals surface area contributed by atoms with Crippen LogP contribution in [0.3, 0.4) is 0 Å². The van der Waals surface area contributed by atoms with E-state index in [0.29, 0.717) is 12.1 Å². The SMILES string of the molecule is CC(=O)C[C@H]1C=CC[C@H](NC(=O)Cc2cccc(O)n2)B(O)O1. The van der Waals surface area contributed by atoms with Crippen LogP contribution in [0.4, 0.5) is 0 Å². The van der Waals surface area contributed by atoms with Crippen LogP contribution in [0.25, 0.3) is 0 Å². The number of amides is 1.